The van der Waals surface area contributed by atoms with Crippen molar-refractivity contribution in [3.8, 4) is 0 Å². The molecule has 0 spiro atoms. The molecule has 2 aliphatic rings. The molecule has 2 atom stereocenters. The lowest BCUT2D eigenvalue weighted by Crippen LogP contribution is -2.46. The Morgan fingerprint density at radius 2 is 2.15 bits per heavy atom. The van der Waals surface area contributed by atoms with Crippen LogP contribution in [-0.2, 0) is 4.74 Å². The average Bonchev–Trinajstić information content (AvgIpc) is 3.15. The van der Waals surface area contributed by atoms with Gasteiger partial charge < -0.3 is 15.4 Å². The summed E-state index contributed by atoms with van der Waals surface area (Å²) in [4.78, 5) is 8.94. The van der Waals surface area contributed by atoms with E-state index in [0.717, 1.165) is 45.1 Å². The zero-order valence-corrected chi connectivity index (χ0v) is 19.1. The molecule has 0 aromatic carbocycles. The van der Waals surface area contributed by atoms with E-state index in [1.807, 2.05) is 11.3 Å². The van der Waals surface area contributed by atoms with Gasteiger partial charge in [0.15, 0.2) is 5.96 Å². The fourth-order valence-corrected chi connectivity index (χ4v) is 4.91. The molecule has 1 aromatic rings. The summed E-state index contributed by atoms with van der Waals surface area (Å²) in [5, 5.41) is 9.21. The first-order chi connectivity index (χ1) is 12.3. The second-order valence-corrected chi connectivity index (χ2v) is 8.07. The van der Waals surface area contributed by atoms with Crippen molar-refractivity contribution in [1.29, 1.82) is 0 Å². The first-order valence-corrected chi connectivity index (χ1v) is 10.5. The number of guanidine groups is 1. The van der Waals surface area contributed by atoms with Crippen molar-refractivity contribution < 1.29 is 4.74 Å². The Hall–Kier alpha value is -0.380. The molecule has 7 heteroatoms. The van der Waals surface area contributed by atoms with Gasteiger partial charge in [-0.3, -0.25) is 9.89 Å². The van der Waals surface area contributed by atoms with E-state index in [2.05, 4.69) is 47.0 Å². The van der Waals surface area contributed by atoms with Crippen molar-refractivity contribution >= 4 is 41.3 Å². The number of hydrogen-bond donors (Lipinski definition) is 2. The number of piperidine rings is 1. The van der Waals surface area contributed by atoms with Gasteiger partial charge in [0.05, 0.1) is 0 Å². The molecule has 148 valence electrons. The monoisotopic (exact) mass is 492 g/mol. The van der Waals surface area contributed by atoms with Crippen LogP contribution in [0.25, 0.3) is 0 Å². The fourth-order valence-electron chi connectivity index (χ4n) is 3.92. The van der Waals surface area contributed by atoms with Crippen molar-refractivity contribution in [2.24, 2.45) is 10.9 Å². The number of ether oxygens (including phenoxy) is 1. The maximum atomic E-state index is 5.46. The Balaban J connectivity index is 0.00000243. The number of halogens is 1. The minimum atomic E-state index is 0. The van der Waals surface area contributed by atoms with Crippen molar-refractivity contribution in [2.75, 3.05) is 39.9 Å². The number of hydrogen-bond acceptors (Lipinski definition) is 4. The third kappa shape index (κ3) is 6.07. The van der Waals surface area contributed by atoms with E-state index in [-0.39, 0.29) is 24.0 Å². The molecular formula is C19H33IN4OS. The van der Waals surface area contributed by atoms with Gasteiger partial charge in [-0.1, -0.05) is 6.07 Å². The van der Waals surface area contributed by atoms with Gasteiger partial charge in [0.25, 0.3) is 0 Å². The van der Waals surface area contributed by atoms with Gasteiger partial charge in [0, 0.05) is 43.3 Å². The molecule has 0 bridgehead atoms. The van der Waals surface area contributed by atoms with Crippen LogP contribution < -0.4 is 10.6 Å². The Labute approximate surface area is 179 Å². The van der Waals surface area contributed by atoms with E-state index in [0.29, 0.717) is 18.0 Å². The highest BCUT2D eigenvalue weighted by Crippen LogP contribution is 2.37. The summed E-state index contributed by atoms with van der Waals surface area (Å²) >= 11 is 1.87. The maximum absolute atomic E-state index is 5.46. The summed E-state index contributed by atoms with van der Waals surface area (Å²) in [6.45, 7) is 6.79. The average molecular weight is 492 g/mol. The SMILES string of the molecule is CCNC(=NCC1CCCN(C)C1c1cccs1)NC1CCOCC1.I. The Morgan fingerprint density at radius 1 is 1.35 bits per heavy atom. The van der Waals surface area contributed by atoms with Crippen LogP contribution in [0.2, 0.25) is 0 Å². The zero-order chi connectivity index (χ0) is 17.5. The molecule has 26 heavy (non-hydrogen) atoms. The molecule has 2 saturated heterocycles. The standard InChI is InChI=1S/C19H32N4OS.HI/c1-3-20-19(22-16-8-11-24-12-9-16)21-14-15-6-4-10-23(2)18(15)17-7-5-13-25-17;/h5,7,13,15-16,18H,3-4,6,8-12,14H2,1-2H3,(H2,20,21,22);1H. The number of nitrogens with one attached hydrogen (secondary N) is 2. The topological polar surface area (TPSA) is 48.9 Å². The predicted molar refractivity (Wildman–Crippen MR) is 121 cm³/mol. The largest absolute Gasteiger partial charge is 0.381 e. The van der Waals surface area contributed by atoms with Crippen LogP contribution in [-0.4, -0.2) is 56.8 Å². The van der Waals surface area contributed by atoms with Crippen LogP contribution >= 0.6 is 35.3 Å². The van der Waals surface area contributed by atoms with E-state index in [1.165, 1.54) is 24.3 Å². The van der Waals surface area contributed by atoms with Crippen LogP contribution in [0.4, 0.5) is 0 Å². The van der Waals surface area contributed by atoms with Crippen molar-refractivity contribution in [2.45, 2.75) is 44.7 Å². The van der Waals surface area contributed by atoms with Gasteiger partial charge in [0.1, 0.15) is 0 Å². The van der Waals surface area contributed by atoms with Crippen LogP contribution in [0.3, 0.4) is 0 Å². The third-order valence-electron chi connectivity index (χ3n) is 5.23. The van der Waals surface area contributed by atoms with Crippen LogP contribution in [0.1, 0.15) is 43.5 Å². The molecule has 0 saturated carbocycles. The van der Waals surface area contributed by atoms with Gasteiger partial charge in [-0.25, -0.2) is 0 Å². The van der Waals surface area contributed by atoms with Crippen molar-refractivity contribution in [3.05, 3.63) is 22.4 Å². The Kier molecular flexibility index (Phi) is 9.66. The summed E-state index contributed by atoms with van der Waals surface area (Å²) in [5.41, 5.74) is 0. The molecule has 2 unspecified atom stereocenters. The van der Waals surface area contributed by atoms with Gasteiger partial charge in [0.2, 0.25) is 0 Å². The molecule has 1 aromatic heterocycles. The lowest BCUT2D eigenvalue weighted by Gasteiger charge is -2.38. The summed E-state index contributed by atoms with van der Waals surface area (Å²) in [6.07, 6.45) is 4.65. The van der Waals surface area contributed by atoms with E-state index in [4.69, 9.17) is 9.73 Å². The van der Waals surface area contributed by atoms with Crippen molar-refractivity contribution in [1.82, 2.24) is 15.5 Å². The van der Waals surface area contributed by atoms with E-state index in [1.54, 1.807) is 0 Å². The van der Waals surface area contributed by atoms with Crippen molar-refractivity contribution in [3.63, 3.8) is 0 Å². The number of likely N-dealkylation sites (tertiary alicyclic amines) is 1. The first-order valence-electron chi connectivity index (χ1n) is 9.64. The molecular weight excluding hydrogens is 459 g/mol. The summed E-state index contributed by atoms with van der Waals surface area (Å²) < 4.78 is 5.46. The normalized spacial score (nSPS) is 25.5. The lowest BCUT2D eigenvalue weighted by atomic mass is 9.88. The summed E-state index contributed by atoms with van der Waals surface area (Å²) in [5.74, 6) is 1.55. The highest BCUT2D eigenvalue weighted by atomic mass is 127. The van der Waals surface area contributed by atoms with E-state index >= 15 is 0 Å². The van der Waals surface area contributed by atoms with Gasteiger partial charge >= 0.3 is 0 Å². The van der Waals surface area contributed by atoms with E-state index < -0.39 is 0 Å². The second-order valence-electron chi connectivity index (χ2n) is 7.09. The van der Waals surface area contributed by atoms with E-state index in [9.17, 15) is 0 Å². The molecule has 2 fully saturated rings. The highest BCUT2D eigenvalue weighted by Gasteiger charge is 2.31. The molecule has 0 aliphatic carbocycles. The zero-order valence-electron chi connectivity index (χ0n) is 15.9. The van der Waals surface area contributed by atoms with Crippen LogP contribution in [0, 0.1) is 5.92 Å². The lowest BCUT2D eigenvalue weighted by molar-refractivity contribution is 0.0822. The maximum Gasteiger partial charge on any atom is 0.191 e. The molecule has 0 radical (unpaired) electrons. The fraction of sp³-hybridized carbons (Fsp3) is 0.737. The highest BCUT2D eigenvalue weighted by molar-refractivity contribution is 14.0. The second kappa shape index (κ2) is 11.5. The Bertz CT molecular complexity index is 534. The minimum Gasteiger partial charge on any atom is -0.381 e. The van der Waals surface area contributed by atoms with Gasteiger partial charge in [-0.05, 0) is 63.6 Å². The molecule has 0 amide bonds. The molecule has 2 aliphatic heterocycles. The summed E-state index contributed by atoms with van der Waals surface area (Å²) in [6, 6.07) is 5.43. The minimum absolute atomic E-state index is 0. The molecule has 3 rings (SSSR count). The first kappa shape index (κ1) is 21.9. The molecule has 3 heterocycles. The summed E-state index contributed by atoms with van der Waals surface area (Å²) in [7, 11) is 2.26. The quantitative estimate of drug-likeness (QED) is 0.376. The van der Waals surface area contributed by atoms with Crippen LogP contribution in [0.15, 0.2) is 22.5 Å². The van der Waals surface area contributed by atoms with Gasteiger partial charge in [-0.2, -0.15) is 0 Å². The number of thiophene rings is 1. The Morgan fingerprint density at radius 3 is 2.85 bits per heavy atom. The smallest absolute Gasteiger partial charge is 0.191 e. The third-order valence-corrected chi connectivity index (χ3v) is 6.18. The molecule has 5 nitrogen and oxygen atoms in total. The predicted octanol–water partition coefficient (Wildman–Crippen LogP) is 3.48. The number of aliphatic imine (C=N–C) groups is 1. The molecule has 2 N–H and O–H groups in total. The number of nitrogens with zero attached hydrogens (tertiary/aromatic N) is 2. The van der Waals surface area contributed by atoms with Crippen LogP contribution in [0.5, 0.6) is 0 Å². The van der Waals surface area contributed by atoms with Gasteiger partial charge in [-0.15, -0.1) is 35.3 Å². The number of rotatable bonds is 5.